The SMILES string of the molecule is COCCN1CCC(S(=O)(=O)NCC(=O)c2cc(-c3ccccc3)cc(C)c2F)CC1. The van der Waals surface area contributed by atoms with Crippen LogP contribution in [-0.2, 0) is 14.8 Å². The number of benzene rings is 2. The van der Waals surface area contributed by atoms with Crippen molar-refractivity contribution in [2.75, 3.05) is 39.9 Å². The molecule has 0 atom stereocenters. The van der Waals surface area contributed by atoms with E-state index in [1.165, 1.54) is 6.07 Å². The Morgan fingerprint density at radius 3 is 2.48 bits per heavy atom. The van der Waals surface area contributed by atoms with Gasteiger partial charge in [-0.15, -0.1) is 0 Å². The first-order valence-corrected chi connectivity index (χ1v) is 11.9. The van der Waals surface area contributed by atoms with Crippen molar-refractivity contribution >= 4 is 15.8 Å². The van der Waals surface area contributed by atoms with Crippen LogP contribution in [-0.4, -0.2) is 64.2 Å². The van der Waals surface area contributed by atoms with Crippen LogP contribution < -0.4 is 4.72 Å². The topological polar surface area (TPSA) is 75.7 Å². The molecule has 1 heterocycles. The second kappa shape index (κ2) is 10.5. The lowest BCUT2D eigenvalue weighted by Gasteiger charge is -2.31. The summed E-state index contributed by atoms with van der Waals surface area (Å²) in [6, 6.07) is 12.5. The highest BCUT2D eigenvalue weighted by molar-refractivity contribution is 7.90. The fraction of sp³-hybridized carbons (Fsp3) is 0.435. The summed E-state index contributed by atoms with van der Waals surface area (Å²) in [5, 5.41) is -0.554. The quantitative estimate of drug-likeness (QED) is 0.597. The molecule has 1 N–H and O–H groups in total. The number of sulfonamides is 1. The maximum Gasteiger partial charge on any atom is 0.214 e. The number of nitrogens with one attached hydrogen (secondary N) is 1. The van der Waals surface area contributed by atoms with E-state index in [0.717, 1.165) is 12.1 Å². The van der Waals surface area contributed by atoms with Crippen LogP contribution in [0.2, 0.25) is 0 Å². The van der Waals surface area contributed by atoms with Crippen molar-refractivity contribution in [1.29, 1.82) is 0 Å². The zero-order valence-electron chi connectivity index (χ0n) is 17.9. The van der Waals surface area contributed by atoms with E-state index in [-0.39, 0.29) is 5.56 Å². The molecule has 2 aromatic carbocycles. The second-order valence-electron chi connectivity index (χ2n) is 7.84. The standard InChI is InChI=1S/C23H29FN2O4S/c1-17-14-19(18-6-4-3-5-7-18)15-21(23(17)24)22(27)16-25-31(28,29)20-8-10-26(11-9-20)12-13-30-2/h3-7,14-15,20,25H,8-13,16H2,1-2H3. The number of rotatable bonds is 9. The number of carbonyl (C=O) groups excluding carboxylic acids is 1. The molecule has 31 heavy (non-hydrogen) atoms. The summed E-state index contributed by atoms with van der Waals surface area (Å²) in [5.74, 6) is -1.20. The molecule has 0 spiro atoms. The number of aryl methyl sites for hydroxylation is 1. The van der Waals surface area contributed by atoms with Crippen molar-refractivity contribution in [3.05, 3.63) is 59.4 Å². The number of methoxy groups -OCH3 is 1. The van der Waals surface area contributed by atoms with Crippen molar-refractivity contribution < 1.29 is 22.3 Å². The summed E-state index contributed by atoms with van der Waals surface area (Å²) in [7, 11) is -2.03. The average molecular weight is 449 g/mol. The van der Waals surface area contributed by atoms with Crippen LogP contribution in [0.15, 0.2) is 42.5 Å². The third kappa shape index (κ3) is 5.98. The number of nitrogens with zero attached hydrogens (tertiary/aromatic N) is 1. The predicted molar refractivity (Wildman–Crippen MR) is 119 cm³/mol. The van der Waals surface area contributed by atoms with Crippen LogP contribution in [0.25, 0.3) is 11.1 Å². The van der Waals surface area contributed by atoms with Gasteiger partial charge in [-0.1, -0.05) is 30.3 Å². The Labute approximate surface area is 183 Å². The molecular formula is C23H29FN2O4S. The first kappa shape index (κ1) is 23.5. The van der Waals surface area contributed by atoms with E-state index < -0.39 is 33.4 Å². The van der Waals surface area contributed by atoms with Crippen LogP contribution in [0.1, 0.15) is 28.8 Å². The van der Waals surface area contributed by atoms with E-state index >= 15 is 0 Å². The number of likely N-dealkylation sites (tertiary alicyclic amines) is 1. The van der Waals surface area contributed by atoms with Crippen LogP contribution in [0.5, 0.6) is 0 Å². The van der Waals surface area contributed by atoms with Gasteiger partial charge in [0.2, 0.25) is 10.0 Å². The molecule has 0 radical (unpaired) electrons. The number of ketones is 1. The fourth-order valence-electron chi connectivity index (χ4n) is 3.81. The molecular weight excluding hydrogens is 419 g/mol. The van der Waals surface area contributed by atoms with Gasteiger partial charge in [-0.05, 0) is 61.7 Å². The number of ether oxygens (including phenoxy) is 1. The number of Topliss-reactive ketones (excluding diaryl/α,β-unsaturated/α-hetero) is 1. The molecule has 6 nitrogen and oxygen atoms in total. The molecule has 0 unspecified atom stereocenters. The Morgan fingerprint density at radius 2 is 1.84 bits per heavy atom. The van der Waals surface area contributed by atoms with Gasteiger partial charge in [0.25, 0.3) is 0 Å². The molecule has 168 valence electrons. The Hall–Kier alpha value is -2.13. The highest BCUT2D eigenvalue weighted by Gasteiger charge is 2.30. The van der Waals surface area contributed by atoms with Crippen LogP contribution >= 0.6 is 0 Å². The first-order valence-electron chi connectivity index (χ1n) is 10.4. The normalized spacial score (nSPS) is 15.8. The van der Waals surface area contributed by atoms with Gasteiger partial charge in [-0.2, -0.15) is 0 Å². The zero-order chi connectivity index (χ0) is 22.4. The highest BCUT2D eigenvalue weighted by Crippen LogP contribution is 2.25. The molecule has 3 rings (SSSR count). The van der Waals surface area contributed by atoms with Crippen molar-refractivity contribution in [1.82, 2.24) is 9.62 Å². The number of halogens is 1. The largest absolute Gasteiger partial charge is 0.383 e. The van der Waals surface area contributed by atoms with Gasteiger partial charge in [-0.25, -0.2) is 17.5 Å². The zero-order valence-corrected chi connectivity index (χ0v) is 18.8. The lowest BCUT2D eigenvalue weighted by molar-refractivity contribution is 0.0992. The summed E-state index contributed by atoms with van der Waals surface area (Å²) in [6.07, 6.45) is 0.981. The average Bonchev–Trinajstić information content (AvgIpc) is 2.78. The smallest absolute Gasteiger partial charge is 0.214 e. The Morgan fingerprint density at radius 1 is 1.16 bits per heavy atom. The van der Waals surface area contributed by atoms with Crippen molar-refractivity contribution in [3.63, 3.8) is 0 Å². The molecule has 1 fully saturated rings. The number of hydrogen-bond acceptors (Lipinski definition) is 5. The minimum Gasteiger partial charge on any atom is -0.383 e. The molecule has 1 aliphatic rings. The van der Waals surface area contributed by atoms with E-state index in [1.807, 2.05) is 30.3 Å². The molecule has 1 aliphatic heterocycles. The van der Waals surface area contributed by atoms with Gasteiger partial charge in [0, 0.05) is 13.7 Å². The van der Waals surface area contributed by atoms with E-state index in [9.17, 15) is 17.6 Å². The minimum absolute atomic E-state index is 0.101. The lowest BCUT2D eigenvalue weighted by atomic mass is 9.98. The van der Waals surface area contributed by atoms with Crippen LogP contribution in [0.3, 0.4) is 0 Å². The monoisotopic (exact) mass is 448 g/mol. The number of hydrogen-bond donors (Lipinski definition) is 1. The van der Waals surface area contributed by atoms with Crippen LogP contribution in [0, 0.1) is 12.7 Å². The number of carbonyl (C=O) groups is 1. The van der Waals surface area contributed by atoms with Gasteiger partial charge in [0.1, 0.15) is 5.82 Å². The van der Waals surface area contributed by atoms with Crippen molar-refractivity contribution in [2.45, 2.75) is 25.0 Å². The Bertz CT molecular complexity index is 1000. The van der Waals surface area contributed by atoms with Gasteiger partial charge in [0.05, 0.1) is 24.0 Å². The summed E-state index contributed by atoms with van der Waals surface area (Å²) in [5.41, 5.74) is 1.82. The third-order valence-electron chi connectivity index (χ3n) is 5.68. The minimum atomic E-state index is -3.67. The summed E-state index contributed by atoms with van der Waals surface area (Å²) in [6.45, 7) is 3.84. The second-order valence-corrected chi connectivity index (χ2v) is 9.89. The molecule has 0 saturated carbocycles. The third-order valence-corrected chi connectivity index (χ3v) is 7.58. The lowest BCUT2D eigenvalue weighted by Crippen LogP contribution is -2.45. The molecule has 0 amide bonds. The molecule has 1 saturated heterocycles. The Balaban J connectivity index is 1.66. The predicted octanol–water partition coefficient (Wildman–Crippen LogP) is 3.01. The van der Waals surface area contributed by atoms with E-state index in [0.29, 0.717) is 43.7 Å². The molecule has 0 bridgehead atoms. The highest BCUT2D eigenvalue weighted by atomic mass is 32.2. The van der Waals surface area contributed by atoms with Crippen molar-refractivity contribution in [3.8, 4) is 11.1 Å². The summed E-state index contributed by atoms with van der Waals surface area (Å²) < 4.78 is 47.5. The van der Waals surface area contributed by atoms with Gasteiger partial charge < -0.3 is 9.64 Å². The molecule has 0 aromatic heterocycles. The van der Waals surface area contributed by atoms with Crippen molar-refractivity contribution in [2.24, 2.45) is 0 Å². The van der Waals surface area contributed by atoms with E-state index in [4.69, 9.17) is 4.74 Å². The van der Waals surface area contributed by atoms with E-state index in [2.05, 4.69) is 9.62 Å². The summed E-state index contributed by atoms with van der Waals surface area (Å²) in [4.78, 5) is 14.9. The number of piperidine rings is 1. The van der Waals surface area contributed by atoms with Crippen LogP contribution in [0.4, 0.5) is 4.39 Å². The maximum absolute atomic E-state index is 14.7. The van der Waals surface area contributed by atoms with Gasteiger partial charge in [-0.3, -0.25) is 4.79 Å². The summed E-state index contributed by atoms with van der Waals surface area (Å²) >= 11 is 0. The van der Waals surface area contributed by atoms with Gasteiger partial charge >= 0.3 is 0 Å². The maximum atomic E-state index is 14.7. The fourth-order valence-corrected chi connectivity index (χ4v) is 5.21. The van der Waals surface area contributed by atoms with E-state index in [1.54, 1.807) is 20.1 Å². The molecule has 0 aliphatic carbocycles. The molecule has 2 aromatic rings. The first-order chi connectivity index (χ1) is 14.8. The molecule has 8 heteroatoms. The van der Waals surface area contributed by atoms with Gasteiger partial charge in [0.15, 0.2) is 5.78 Å². The Kier molecular flexibility index (Phi) is 7.94.